The van der Waals surface area contributed by atoms with Crippen LogP contribution in [-0.2, 0) is 6.54 Å². The lowest BCUT2D eigenvalue weighted by atomic mass is 9.90. The van der Waals surface area contributed by atoms with Crippen LogP contribution in [0, 0.1) is 11.7 Å². The van der Waals surface area contributed by atoms with Gasteiger partial charge in [0.05, 0.1) is 5.02 Å². The summed E-state index contributed by atoms with van der Waals surface area (Å²) >= 11 is 6.01. The lowest BCUT2D eigenvalue weighted by Gasteiger charge is -2.39. The summed E-state index contributed by atoms with van der Waals surface area (Å²) < 4.78 is 13.4. The third-order valence-electron chi connectivity index (χ3n) is 3.88. The summed E-state index contributed by atoms with van der Waals surface area (Å²) in [7, 11) is 0. The fourth-order valence-electron chi connectivity index (χ4n) is 2.80. The molecule has 1 aliphatic heterocycles. The van der Waals surface area contributed by atoms with Crippen molar-refractivity contribution in [3.63, 3.8) is 0 Å². The number of hydrogen-bond donors (Lipinski definition) is 1. The Labute approximate surface area is 113 Å². The Morgan fingerprint density at radius 2 is 2.28 bits per heavy atom. The maximum absolute atomic E-state index is 13.4. The van der Waals surface area contributed by atoms with E-state index < -0.39 is 0 Å². The monoisotopic (exact) mass is 270 g/mol. The number of halogens is 2. The molecule has 1 aromatic rings. The molecule has 100 valence electrons. The summed E-state index contributed by atoms with van der Waals surface area (Å²) in [6, 6.07) is 5.36. The van der Waals surface area contributed by atoms with Gasteiger partial charge in [0.1, 0.15) is 5.82 Å². The van der Waals surface area contributed by atoms with Gasteiger partial charge in [0, 0.05) is 19.1 Å². The molecule has 0 aromatic heterocycles. The molecule has 18 heavy (non-hydrogen) atoms. The zero-order chi connectivity index (χ0) is 13.1. The quantitative estimate of drug-likeness (QED) is 0.915. The summed E-state index contributed by atoms with van der Waals surface area (Å²) in [6.07, 6.45) is 2.39. The minimum absolute atomic E-state index is 0.242. The fourth-order valence-corrected chi connectivity index (χ4v) is 2.99. The van der Waals surface area contributed by atoms with E-state index in [1.165, 1.54) is 18.9 Å². The molecule has 2 unspecified atom stereocenters. The van der Waals surface area contributed by atoms with Gasteiger partial charge in [0.15, 0.2) is 0 Å². The van der Waals surface area contributed by atoms with Gasteiger partial charge in [0.2, 0.25) is 0 Å². The first kappa shape index (κ1) is 13.8. The first-order valence-electron chi connectivity index (χ1n) is 6.50. The number of rotatable bonds is 3. The van der Waals surface area contributed by atoms with E-state index in [4.69, 9.17) is 17.3 Å². The summed E-state index contributed by atoms with van der Waals surface area (Å²) in [5.74, 6) is 0.250. The standard InChI is InChI=1S/C14H20ClFN2/c1-10-4-3-7-18(13(10)8-17)9-11-5-2-6-12(16)14(11)15/h2,5-6,10,13H,3-4,7-9,17H2,1H3. The molecule has 0 radical (unpaired) electrons. The highest BCUT2D eigenvalue weighted by molar-refractivity contribution is 6.31. The van der Waals surface area contributed by atoms with Crippen LogP contribution in [0.1, 0.15) is 25.3 Å². The van der Waals surface area contributed by atoms with Gasteiger partial charge in [-0.1, -0.05) is 30.7 Å². The first-order valence-corrected chi connectivity index (χ1v) is 6.88. The van der Waals surface area contributed by atoms with Gasteiger partial charge in [-0.25, -0.2) is 4.39 Å². The lowest BCUT2D eigenvalue weighted by molar-refractivity contribution is 0.0990. The molecular weight excluding hydrogens is 251 g/mol. The molecule has 0 amide bonds. The Kier molecular flexibility index (Phi) is 4.60. The van der Waals surface area contributed by atoms with E-state index >= 15 is 0 Å². The van der Waals surface area contributed by atoms with E-state index in [0.29, 0.717) is 25.0 Å². The van der Waals surface area contributed by atoms with E-state index in [1.54, 1.807) is 6.07 Å². The van der Waals surface area contributed by atoms with Gasteiger partial charge < -0.3 is 5.73 Å². The van der Waals surface area contributed by atoms with Crippen molar-refractivity contribution >= 4 is 11.6 Å². The zero-order valence-electron chi connectivity index (χ0n) is 10.7. The van der Waals surface area contributed by atoms with Crippen molar-refractivity contribution in [2.45, 2.75) is 32.4 Å². The maximum atomic E-state index is 13.4. The normalized spacial score (nSPS) is 25.3. The Bertz CT molecular complexity index is 411. The van der Waals surface area contributed by atoms with Crippen LogP contribution in [0.5, 0.6) is 0 Å². The molecule has 0 saturated carbocycles. The van der Waals surface area contributed by atoms with Crippen LogP contribution < -0.4 is 5.73 Å². The average Bonchev–Trinajstić information content (AvgIpc) is 2.35. The molecule has 4 heteroatoms. The number of likely N-dealkylation sites (tertiary alicyclic amines) is 1. The zero-order valence-corrected chi connectivity index (χ0v) is 11.5. The second-order valence-corrected chi connectivity index (χ2v) is 5.48. The molecule has 2 N–H and O–H groups in total. The van der Waals surface area contributed by atoms with Crippen LogP contribution in [-0.4, -0.2) is 24.0 Å². The Morgan fingerprint density at radius 3 is 3.00 bits per heavy atom. The SMILES string of the molecule is CC1CCCN(Cc2cccc(F)c2Cl)C1CN. The molecule has 2 atom stereocenters. The van der Waals surface area contributed by atoms with Crippen LogP contribution >= 0.6 is 11.6 Å². The summed E-state index contributed by atoms with van der Waals surface area (Å²) in [4.78, 5) is 2.33. The van der Waals surface area contributed by atoms with Crippen molar-refractivity contribution in [1.29, 1.82) is 0 Å². The van der Waals surface area contributed by atoms with E-state index in [2.05, 4.69) is 11.8 Å². The fraction of sp³-hybridized carbons (Fsp3) is 0.571. The van der Waals surface area contributed by atoms with E-state index in [1.807, 2.05) is 6.07 Å². The highest BCUT2D eigenvalue weighted by Gasteiger charge is 2.27. The molecule has 1 heterocycles. The largest absolute Gasteiger partial charge is 0.329 e. The summed E-state index contributed by atoms with van der Waals surface area (Å²) in [5.41, 5.74) is 6.71. The van der Waals surface area contributed by atoms with Crippen molar-refractivity contribution < 1.29 is 4.39 Å². The summed E-state index contributed by atoms with van der Waals surface area (Å²) in [6.45, 7) is 4.58. The van der Waals surface area contributed by atoms with Gasteiger partial charge in [0.25, 0.3) is 0 Å². The second kappa shape index (κ2) is 6.00. The number of nitrogens with zero attached hydrogens (tertiary/aromatic N) is 1. The molecule has 2 rings (SSSR count). The molecule has 1 saturated heterocycles. The van der Waals surface area contributed by atoms with Crippen LogP contribution in [0.25, 0.3) is 0 Å². The van der Waals surface area contributed by atoms with Crippen molar-refractivity contribution in [3.8, 4) is 0 Å². The van der Waals surface area contributed by atoms with Crippen LogP contribution in [0.4, 0.5) is 4.39 Å². The van der Waals surface area contributed by atoms with Crippen molar-refractivity contribution in [3.05, 3.63) is 34.6 Å². The van der Waals surface area contributed by atoms with Crippen LogP contribution in [0.2, 0.25) is 5.02 Å². The number of nitrogens with two attached hydrogens (primary N) is 1. The number of benzene rings is 1. The maximum Gasteiger partial charge on any atom is 0.142 e. The summed E-state index contributed by atoms with van der Waals surface area (Å²) in [5, 5.41) is 0.242. The second-order valence-electron chi connectivity index (χ2n) is 5.11. The topological polar surface area (TPSA) is 29.3 Å². The molecule has 0 spiro atoms. The third kappa shape index (κ3) is 2.85. The van der Waals surface area contributed by atoms with Gasteiger partial charge in [-0.3, -0.25) is 4.90 Å². The van der Waals surface area contributed by atoms with E-state index in [-0.39, 0.29) is 10.8 Å². The Balaban J connectivity index is 2.14. The number of piperidine rings is 1. The van der Waals surface area contributed by atoms with Gasteiger partial charge >= 0.3 is 0 Å². The molecule has 2 nitrogen and oxygen atoms in total. The van der Waals surface area contributed by atoms with Gasteiger partial charge in [-0.2, -0.15) is 0 Å². The highest BCUT2D eigenvalue weighted by atomic mass is 35.5. The highest BCUT2D eigenvalue weighted by Crippen LogP contribution is 2.27. The lowest BCUT2D eigenvalue weighted by Crippen LogP contribution is -2.48. The van der Waals surface area contributed by atoms with E-state index in [0.717, 1.165) is 12.1 Å². The van der Waals surface area contributed by atoms with Crippen molar-refractivity contribution in [1.82, 2.24) is 4.90 Å². The van der Waals surface area contributed by atoms with E-state index in [9.17, 15) is 4.39 Å². The van der Waals surface area contributed by atoms with Crippen LogP contribution in [0.15, 0.2) is 18.2 Å². The minimum atomic E-state index is -0.344. The molecule has 1 aromatic carbocycles. The smallest absolute Gasteiger partial charge is 0.142 e. The predicted octanol–water partition coefficient (Wildman–Crippen LogP) is 3.04. The Hall–Kier alpha value is -0.640. The van der Waals surface area contributed by atoms with Gasteiger partial charge in [-0.15, -0.1) is 0 Å². The van der Waals surface area contributed by atoms with Crippen molar-refractivity contribution in [2.24, 2.45) is 11.7 Å². The average molecular weight is 271 g/mol. The van der Waals surface area contributed by atoms with Gasteiger partial charge in [-0.05, 0) is 36.9 Å². The molecule has 0 aliphatic carbocycles. The third-order valence-corrected chi connectivity index (χ3v) is 4.30. The molecule has 1 fully saturated rings. The first-order chi connectivity index (χ1) is 8.63. The van der Waals surface area contributed by atoms with Crippen molar-refractivity contribution in [2.75, 3.05) is 13.1 Å². The predicted molar refractivity (Wildman–Crippen MR) is 73.1 cm³/mol. The molecular formula is C14H20ClFN2. The number of hydrogen-bond acceptors (Lipinski definition) is 2. The van der Waals surface area contributed by atoms with Crippen LogP contribution in [0.3, 0.4) is 0 Å². The minimum Gasteiger partial charge on any atom is -0.329 e. The molecule has 0 bridgehead atoms. The Morgan fingerprint density at radius 1 is 1.50 bits per heavy atom. The molecule has 1 aliphatic rings.